The van der Waals surface area contributed by atoms with E-state index in [1.165, 1.54) is 0 Å². The smallest absolute Gasteiger partial charge is 0.216 e. The highest BCUT2D eigenvalue weighted by Crippen LogP contribution is 2.52. The highest BCUT2D eigenvalue weighted by Gasteiger charge is 2.75. The number of rotatable bonds is 1. The van der Waals surface area contributed by atoms with Crippen LogP contribution in [0.1, 0.15) is 5.69 Å². The van der Waals surface area contributed by atoms with Crippen molar-refractivity contribution in [1.82, 2.24) is 9.59 Å². The van der Waals surface area contributed by atoms with Gasteiger partial charge in [0.25, 0.3) is 0 Å². The van der Waals surface area contributed by atoms with Gasteiger partial charge in [0.1, 0.15) is 5.69 Å². The van der Waals surface area contributed by atoms with E-state index >= 15 is 0 Å². The Balaban J connectivity index is 3.33. The van der Waals surface area contributed by atoms with Crippen LogP contribution < -0.4 is 0 Å². The molecule has 0 aromatic carbocycles. The van der Waals surface area contributed by atoms with Gasteiger partial charge in [-0.15, -0.1) is 5.10 Å². The number of aromatic nitrogens is 2. The van der Waals surface area contributed by atoms with Crippen LogP contribution in [-0.2, 0) is 5.67 Å². The maximum Gasteiger partial charge on any atom is 0.437 e. The molecule has 15 heavy (non-hydrogen) atoms. The van der Waals surface area contributed by atoms with E-state index < -0.39 is 23.7 Å². The Morgan fingerprint density at radius 2 is 1.40 bits per heavy atom. The van der Waals surface area contributed by atoms with Gasteiger partial charge in [-0.2, -0.15) is 26.3 Å². The first-order chi connectivity index (χ1) is 6.61. The second-order valence-corrected chi connectivity index (χ2v) is 3.05. The summed E-state index contributed by atoms with van der Waals surface area (Å²) in [5.74, 6) is 0. The standard InChI is InChI=1S/C5HF7N2S/c6-3(4(7,8)9,5(10,11)12)2-1-15-14-13-2/h1H. The fourth-order valence-corrected chi connectivity index (χ4v) is 1.26. The van der Waals surface area contributed by atoms with Crippen molar-refractivity contribution < 1.29 is 30.7 Å². The Kier molecular flexibility index (Phi) is 2.66. The van der Waals surface area contributed by atoms with Crippen LogP contribution in [0.25, 0.3) is 0 Å². The lowest BCUT2D eigenvalue weighted by Crippen LogP contribution is -2.50. The summed E-state index contributed by atoms with van der Waals surface area (Å²) in [6.07, 6.45) is -12.2. The lowest BCUT2D eigenvalue weighted by molar-refractivity contribution is -0.350. The number of hydrogen-bond acceptors (Lipinski definition) is 3. The summed E-state index contributed by atoms with van der Waals surface area (Å²) in [7, 11) is 0. The van der Waals surface area contributed by atoms with E-state index in [2.05, 4.69) is 9.59 Å². The Morgan fingerprint density at radius 3 is 1.67 bits per heavy atom. The van der Waals surface area contributed by atoms with Crippen molar-refractivity contribution in [2.45, 2.75) is 18.0 Å². The molecule has 1 rings (SSSR count). The molecule has 0 fully saturated rings. The van der Waals surface area contributed by atoms with Crippen LogP contribution in [0.2, 0.25) is 0 Å². The zero-order valence-electron chi connectivity index (χ0n) is 6.53. The number of hydrogen-bond donors (Lipinski definition) is 0. The Morgan fingerprint density at radius 1 is 0.933 bits per heavy atom. The molecule has 1 heterocycles. The van der Waals surface area contributed by atoms with Gasteiger partial charge in [-0.1, -0.05) is 4.49 Å². The predicted molar refractivity (Wildman–Crippen MR) is 34.8 cm³/mol. The summed E-state index contributed by atoms with van der Waals surface area (Å²) in [4.78, 5) is 0. The van der Waals surface area contributed by atoms with E-state index in [-0.39, 0.29) is 16.9 Å². The van der Waals surface area contributed by atoms with E-state index in [0.717, 1.165) is 0 Å². The van der Waals surface area contributed by atoms with Crippen LogP contribution in [0, 0.1) is 0 Å². The zero-order chi connectivity index (χ0) is 11.9. The van der Waals surface area contributed by atoms with Crippen LogP contribution in [0.4, 0.5) is 30.7 Å². The third kappa shape index (κ3) is 1.77. The van der Waals surface area contributed by atoms with Crippen molar-refractivity contribution >= 4 is 11.5 Å². The summed E-state index contributed by atoms with van der Waals surface area (Å²) >= 11 is 0.198. The first-order valence-corrected chi connectivity index (χ1v) is 4.04. The number of halogens is 7. The molecule has 0 saturated carbocycles. The molecule has 0 aliphatic heterocycles. The van der Waals surface area contributed by atoms with E-state index in [9.17, 15) is 30.7 Å². The molecule has 0 amide bonds. The first kappa shape index (κ1) is 12.1. The summed E-state index contributed by atoms with van der Waals surface area (Å²) in [5, 5.41) is 2.74. The number of alkyl halides is 7. The van der Waals surface area contributed by atoms with Gasteiger partial charge in [-0.05, 0) is 11.5 Å². The minimum Gasteiger partial charge on any atom is -0.216 e. The van der Waals surface area contributed by atoms with Crippen molar-refractivity contribution in [3.05, 3.63) is 11.1 Å². The van der Waals surface area contributed by atoms with Crippen molar-refractivity contribution in [3.63, 3.8) is 0 Å². The molecule has 1 aromatic heterocycles. The molecule has 86 valence electrons. The van der Waals surface area contributed by atoms with Crippen molar-refractivity contribution in [3.8, 4) is 0 Å². The molecule has 0 unspecified atom stereocenters. The topological polar surface area (TPSA) is 25.8 Å². The van der Waals surface area contributed by atoms with Gasteiger partial charge in [0.15, 0.2) is 0 Å². The van der Waals surface area contributed by atoms with E-state index in [0.29, 0.717) is 0 Å². The first-order valence-electron chi connectivity index (χ1n) is 3.20. The Labute approximate surface area is 81.9 Å². The molecule has 0 bridgehead atoms. The van der Waals surface area contributed by atoms with Gasteiger partial charge in [0.2, 0.25) is 0 Å². The Hall–Kier alpha value is -0.930. The van der Waals surface area contributed by atoms with Gasteiger partial charge in [0.05, 0.1) is 0 Å². The van der Waals surface area contributed by atoms with Crippen molar-refractivity contribution in [1.29, 1.82) is 0 Å². The molecule has 0 N–H and O–H groups in total. The monoisotopic (exact) mass is 254 g/mol. The quantitative estimate of drug-likeness (QED) is 0.720. The summed E-state index contributed by atoms with van der Waals surface area (Å²) in [6, 6.07) is 0. The van der Waals surface area contributed by atoms with Crippen LogP contribution >= 0.6 is 11.5 Å². The normalized spacial score (nSPS) is 14.3. The van der Waals surface area contributed by atoms with E-state index in [1.54, 1.807) is 0 Å². The molecule has 0 saturated heterocycles. The predicted octanol–water partition coefficient (Wildman–Crippen LogP) is 2.83. The molecule has 1 aromatic rings. The van der Waals surface area contributed by atoms with Crippen LogP contribution in [0.3, 0.4) is 0 Å². The zero-order valence-corrected chi connectivity index (χ0v) is 7.34. The highest BCUT2D eigenvalue weighted by atomic mass is 32.1. The average Bonchev–Trinajstić information content (AvgIpc) is 2.49. The molecule has 10 heteroatoms. The molecule has 0 aliphatic rings. The van der Waals surface area contributed by atoms with Crippen LogP contribution in [0.5, 0.6) is 0 Å². The van der Waals surface area contributed by atoms with Crippen LogP contribution in [0.15, 0.2) is 5.38 Å². The lowest BCUT2D eigenvalue weighted by Gasteiger charge is -2.27. The second kappa shape index (κ2) is 3.29. The minimum absolute atomic E-state index is 0.198. The summed E-state index contributed by atoms with van der Waals surface area (Å²) in [6.45, 7) is 0. The second-order valence-electron chi connectivity index (χ2n) is 2.44. The van der Waals surface area contributed by atoms with E-state index in [1.807, 2.05) is 0 Å². The van der Waals surface area contributed by atoms with Crippen LogP contribution in [-0.4, -0.2) is 21.9 Å². The fraction of sp³-hybridized carbons (Fsp3) is 0.600. The highest BCUT2D eigenvalue weighted by molar-refractivity contribution is 7.03. The summed E-state index contributed by atoms with van der Waals surface area (Å²) in [5.41, 5.74) is -7.26. The van der Waals surface area contributed by atoms with Gasteiger partial charge in [0, 0.05) is 5.38 Å². The van der Waals surface area contributed by atoms with E-state index in [4.69, 9.17) is 0 Å². The molecule has 0 atom stereocenters. The maximum absolute atomic E-state index is 13.0. The van der Waals surface area contributed by atoms with Gasteiger partial charge >= 0.3 is 18.0 Å². The molecular weight excluding hydrogens is 253 g/mol. The molecular formula is C5HF7N2S. The molecule has 0 spiro atoms. The summed E-state index contributed by atoms with van der Waals surface area (Å²) < 4.78 is 87.8. The maximum atomic E-state index is 13.0. The third-order valence-electron chi connectivity index (χ3n) is 1.49. The SMILES string of the molecule is FC(F)(F)C(F)(c1csnn1)C(F)(F)F. The van der Waals surface area contributed by atoms with Crippen molar-refractivity contribution in [2.24, 2.45) is 0 Å². The Bertz CT molecular complexity index is 312. The number of nitrogens with zero attached hydrogens (tertiary/aromatic N) is 2. The third-order valence-corrected chi connectivity index (χ3v) is 2.00. The molecule has 0 radical (unpaired) electrons. The van der Waals surface area contributed by atoms with Gasteiger partial charge < -0.3 is 0 Å². The average molecular weight is 254 g/mol. The largest absolute Gasteiger partial charge is 0.437 e. The fourth-order valence-electron chi connectivity index (χ4n) is 0.766. The minimum atomic E-state index is -6.12. The lowest BCUT2D eigenvalue weighted by atomic mass is 10.0. The van der Waals surface area contributed by atoms with Gasteiger partial charge in [-0.25, -0.2) is 4.39 Å². The molecule has 2 nitrogen and oxygen atoms in total. The van der Waals surface area contributed by atoms with Gasteiger partial charge in [-0.3, -0.25) is 0 Å². The van der Waals surface area contributed by atoms with Crippen molar-refractivity contribution in [2.75, 3.05) is 0 Å². The molecule has 0 aliphatic carbocycles.